The number of carbonyl (C=O) groups excluding carboxylic acids is 2. The van der Waals surface area contributed by atoms with E-state index in [4.69, 9.17) is 5.11 Å². The van der Waals surface area contributed by atoms with Crippen LogP contribution in [0.1, 0.15) is 57.5 Å². The number of carbonyl (C=O) groups is 3. The second-order valence-electron chi connectivity index (χ2n) is 9.92. The number of pyridine rings is 1. The molecular formula is C29H31N5O4. The molecule has 38 heavy (non-hydrogen) atoms. The number of fused-ring (bicyclic) bond motifs is 2. The highest BCUT2D eigenvalue weighted by atomic mass is 16.4. The van der Waals surface area contributed by atoms with Crippen molar-refractivity contribution in [1.29, 1.82) is 0 Å². The topological polar surface area (TPSA) is 124 Å². The first-order valence-electron chi connectivity index (χ1n) is 12.9. The Morgan fingerprint density at radius 1 is 0.947 bits per heavy atom. The molecule has 0 unspecified atom stereocenters. The van der Waals surface area contributed by atoms with Gasteiger partial charge in [-0.2, -0.15) is 0 Å². The van der Waals surface area contributed by atoms with E-state index < -0.39 is 6.09 Å². The number of benzene rings is 2. The summed E-state index contributed by atoms with van der Waals surface area (Å²) in [6.45, 7) is 2.20. The number of anilines is 2. The van der Waals surface area contributed by atoms with Gasteiger partial charge in [-0.05, 0) is 68.0 Å². The lowest BCUT2D eigenvalue weighted by Gasteiger charge is -2.40. The molecule has 3 amide bonds. The molecule has 0 aliphatic carbocycles. The number of amides is 3. The molecule has 3 heterocycles. The van der Waals surface area contributed by atoms with Crippen molar-refractivity contribution in [1.82, 2.24) is 15.6 Å². The van der Waals surface area contributed by atoms with Gasteiger partial charge in [0.15, 0.2) is 0 Å². The van der Waals surface area contributed by atoms with Crippen LogP contribution in [-0.4, -0.2) is 46.1 Å². The lowest BCUT2D eigenvalue weighted by atomic mass is 9.96. The number of hydrogen-bond acceptors (Lipinski definition) is 5. The fourth-order valence-electron chi connectivity index (χ4n) is 5.62. The Labute approximate surface area is 221 Å². The van der Waals surface area contributed by atoms with Gasteiger partial charge in [0.25, 0.3) is 11.8 Å². The molecule has 0 radical (unpaired) electrons. The smallest absolute Gasteiger partial charge is 0.409 e. The summed E-state index contributed by atoms with van der Waals surface area (Å²) < 4.78 is 0. The molecule has 196 valence electrons. The van der Waals surface area contributed by atoms with Gasteiger partial charge in [-0.3, -0.25) is 14.9 Å². The Balaban J connectivity index is 1.20. The standard InChI is InChI=1S/C29H31N5O4/c1-18-24(8-5-9-25(18)33-29(37)38)28(36)32-21-14-22-11-12-23(15-21)34(22)26-13-10-20(17-30-26)27(35)31-16-19-6-3-2-4-7-19/h2-10,13,17,21-23,33H,11-12,14-16H2,1H3,(H,31,35)(H,32,36)(H,37,38)/t21-,22+,23-. The van der Waals surface area contributed by atoms with Crippen LogP contribution in [0.5, 0.6) is 0 Å². The van der Waals surface area contributed by atoms with E-state index in [1.165, 1.54) is 0 Å². The van der Waals surface area contributed by atoms with Gasteiger partial charge in [-0.15, -0.1) is 0 Å². The van der Waals surface area contributed by atoms with E-state index in [9.17, 15) is 14.4 Å². The molecule has 2 aliphatic heterocycles. The minimum atomic E-state index is -1.16. The number of aromatic nitrogens is 1. The van der Waals surface area contributed by atoms with Gasteiger partial charge in [0.05, 0.1) is 5.56 Å². The van der Waals surface area contributed by atoms with E-state index in [-0.39, 0.29) is 29.9 Å². The van der Waals surface area contributed by atoms with Crippen molar-refractivity contribution in [2.45, 2.75) is 57.3 Å². The number of piperidine rings is 1. The molecule has 2 aromatic carbocycles. The Morgan fingerprint density at radius 3 is 2.34 bits per heavy atom. The van der Waals surface area contributed by atoms with E-state index in [1.807, 2.05) is 42.5 Å². The Hall–Kier alpha value is -4.40. The maximum atomic E-state index is 13.1. The van der Waals surface area contributed by atoms with Crippen molar-refractivity contribution in [2.24, 2.45) is 0 Å². The van der Waals surface area contributed by atoms with Crippen molar-refractivity contribution in [3.63, 3.8) is 0 Å². The van der Waals surface area contributed by atoms with Crippen LogP contribution in [0.2, 0.25) is 0 Å². The third-order valence-corrected chi connectivity index (χ3v) is 7.46. The van der Waals surface area contributed by atoms with E-state index in [0.29, 0.717) is 28.9 Å². The van der Waals surface area contributed by atoms with Crippen molar-refractivity contribution >= 4 is 29.4 Å². The van der Waals surface area contributed by atoms with Crippen molar-refractivity contribution in [2.75, 3.05) is 10.2 Å². The summed E-state index contributed by atoms with van der Waals surface area (Å²) in [5.74, 6) is 0.499. The quantitative estimate of drug-likeness (QED) is 0.373. The van der Waals surface area contributed by atoms with Gasteiger partial charge in [0.2, 0.25) is 0 Å². The molecule has 2 aliphatic rings. The van der Waals surface area contributed by atoms with Crippen LogP contribution < -0.4 is 20.9 Å². The molecule has 4 N–H and O–H groups in total. The normalized spacial score (nSPS) is 20.0. The predicted molar refractivity (Wildman–Crippen MR) is 144 cm³/mol. The summed E-state index contributed by atoms with van der Waals surface area (Å²) >= 11 is 0. The summed E-state index contributed by atoms with van der Waals surface area (Å²) in [5, 5.41) is 17.5. The zero-order chi connectivity index (χ0) is 26.6. The van der Waals surface area contributed by atoms with Crippen LogP contribution in [0, 0.1) is 6.92 Å². The lowest BCUT2D eigenvalue weighted by Crippen LogP contribution is -2.50. The summed E-state index contributed by atoms with van der Waals surface area (Å²) in [4.78, 5) is 43.6. The highest BCUT2D eigenvalue weighted by Gasteiger charge is 2.42. The number of carboxylic acid groups (broad SMARTS) is 1. The van der Waals surface area contributed by atoms with Crippen LogP contribution in [0.25, 0.3) is 0 Å². The van der Waals surface area contributed by atoms with Crippen LogP contribution in [0.3, 0.4) is 0 Å². The van der Waals surface area contributed by atoms with Crippen LogP contribution >= 0.6 is 0 Å². The number of nitrogens with zero attached hydrogens (tertiary/aromatic N) is 2. The summed E-state index contributed by atoms with van der Waals surface area (Å²) in [5.41, 5.74) is 3.04. The first-order chi connectivity index (χ1) is 18.4. The molecule has 3 atom stereocenters. The molecule has 9 nitrogen and oxygen atoms in total. The average Bonchev–Trinajstić information content (AvgIpc) is 3.18. The van der Waals surface area contributed by atoms with Gasteiger partial charge in [0.1, 0.15) is 5.82 Å². The fourth-order valence-corrected chi connectivity index (χ4v) is 5.62. The lowest BCUT2D eigenvalue weighted by molar-refractivity contribution is 0.0924. The molecule has 2 saturated heterocycles. The first kappa shape index (κ1) is 25.3. The minimum absolute atomic E-state index is 0.0229. The van der Waals surface area contributed by atoms with Crippen LogP contribution in [-0.2, 0) is 6.54 Å². The molecule has 2 bridgehead atoms. The molecule has 2 fully saturated rings. The maximum absolute atomic E-state index is 13.1. The van der Waals surface area contributed by atoms with Crippen molar-refractivity contribution < 1.29 is 19.5 Å². The predicted octanol–water partition coefficient (Wildman–Crippen LogP) is 4.34. The summed E-state index contributed by atoms with van der Waals surface area (Å²) in [7, 11) is 0. The molecule has 0 saturated carbocycles. The monoisotopic (exact) mass is 513 g/mol. The van der Waals surface area contributed by atoms with Crippen molar-refractivity contribution in [3.8, 4) is 0 Å². The zero-order valence-electron chi connectivity index (χ0n) is 21.2. The molecule has 5 rings (SSSR count). The molecule has 9 heteroatoms. The third kappa shape index (κ3) is 5.46. The van der Waals surface area contributed by atoms with Gasteiger partial charge in [-0.1, -0.05) is 36.4 Å². The average molecular weight is 514 g/mol. The van der Waals surface area contributed by atoms with E-state index in [1.54, 1.807) is 31.3 Å². The highest BCUT2D eigenvalue weighted by Crippen LogP contribution is 2.38. The third-order valence-electron chi connectivity index (χ3n) is 7.46. The molecule has 3 aromatic rings. The second kappa shape index (κ2) is 10.9. The Morgan fingerprint density at radius 2 is 1.68 bits per heavy atom. The Bertz CT molecular complexity index is 1310. The largest absolute Gasteiger partial charge is 0.465 e. The molecule has 0 spiro atoms. The van der Waals surface area contributed by atoms with Crippen LogP contribution in [0.4, 0.5) is 16.3 Å². The van der Waals surface area contributed by atoms with Gasteiger partial charge < -0.3 is 20.6 Å². The van der Waals surface area contributed by atoms with Gasteiger partial charge in [-0.25, -0.2) is 9.78 Å². The Kier molecular flexibility index (Phi) is 7.26. The highest BCUT2D eigenvalue weighted by molar-refractivity contribution is 5.98. The fraction of sp³-hybridized carbons (Fsp3) is 0.310. The van der Waals surface area contributed by atoms with Gasteiger partial charge >= 0.3 is 6.09 Å². The first-order valence-corrected chi connectivity index (χ1v) is 12.9. The van der Waals surface area contributed by atoms with E-state index >= 15 is 0 Å². The second-order valence-corrected chi connectivity index (χ2v) is 9.92. The van der Waals surface area contributed by atoms with Crippen LogP contribution in [0.15, 0.2) is 66.9 Å². The maximum Gasteiger partial charge on any atom is 0.409 e. The van der Waals surface area contributed by atoms with Crippen molar-refractivity contribution in [3.05, 3.63) is 89.1 Å². The number of nitrogens with one attached hydrogen (secondary N) is 3. The number of hydrogen-bond donors (Lipinski definition) is 4. The van der Waals surface area contributed by atoms with E-state index in [2.05, 4.69) is 25.8 Å². The molecular weight excluding hydrogens is 482 g/mol. The zero-order valence-corrected chi connectivity index (χ0v) is 21.2. The summed E-state index contributed by atoms with van der Waals surface area (Å²) in [6.07, 6.45) is 4.11. The SMILES string of the molecule is Cc1c(NC(=O)O)cccc1C(=O)N[C@H]1C[C@H]2CC[C@@H](C1)N2c1ccc(C(=O)NCc2ccccc2)cn1. The molecule has 1 aromatic heterocycles. The van der Waals surface area contributed by atoms with E-state index in [0.717, 1.165) is 37.1 Å². The number of rotatable bonds is 7. The van der Waals surface area contributed by atoms with Gasteiger partial charge in [0, 0.05) is 42.1 Å². The minimum Gasteiger partial charge on any atom is -0.465 e. The summed E-state index contributed by atoms with van der Waals surface area (Å²) in [6, 6.07) is 19.1.